The van der Waals surface area contributed by atoms with Crippen molar-refractivity contribution in [1.29, 1.82) is 0 Å². The molecular weight excluding hydrogens is 1750 g/mol. The fourth-order valence-electron chi connectivity index (χ4n) is 20.2. The topological polar surface area (TPSA) is 75.3 Å². The first-order valence-electron chi connectivity index (χ1n) is 55.9. The SMILES string of the molecule is Cc1cc(C)c(C)c(-c2c3ccc(C(C)C)cc3cc[n+]2C)c1.Cc1cc(C)c(C)c(-c2c3ccccc3cc[n+]2C)c1.Cc1ccc2c(n1)oc1c(-c3cc(-c4ccccc4)cc[n+]3C)c(C)ccc12.[2H]C([2H])([2H])c1c[n+](C)c(-c2c(C)cc(C([2H])([2H])[2H])c3c2oc2nc(C)ccc23)cc1-c1ccccc1.[2H]C([2H])([2H])c1cc(C)cc(-c2c3ccc(C([2H])(C)C)cc3cc[n+]2C)c1C.[2H]C([2H])([2H])c1cc(C)cc(-c2c3ccccc3cc[n+]2C)c1C. The minimum atomic E-state index is -2.36. The highest BCUT2D eigenvalue weighted by Crippen LogP contribution is 2.44. The van der Waals surface area contributed by atoms with Crippen LogP contribution in [0.25, 0.3) is 177 Å². The lowest BCUT2D eigenvalue weighted by Gasteiger charge is -2.12. The van der Waals surface area contributed by atoms with Crippen molar-refractivity contribution in [2.24, 2.45) is 42.3 Å². The van der Waals surface area contributed by atoms with Gasteiger partial charge in [0.05, 0.1) is 54.9 Å². The lowest BCUT2D eigenvalue weighted by atomic mass is 9.93. The van der Waals surface area contributed by atoms with Crippen LogP contribution < -0.4 is 27.4 Å². The highest BCUT2D eigenvalue weighted by molar-refractivity contribution is 6.12. The van der Waals surface area contributed by atoms with Crippen molar-refractivity contribution >= 4 is 87.2 Å². The Morgan fingerprint density at radius 1 is 0.271 bits per heavy atom. The van der Waals surface area contributed by atoms with Gasteiger partial charge in [-0.2, -0.15) is 0 Å². The molecule has 0 radical (unpaired) electrons. The average molecular weight is 1910 g/mol. The van der Waals surface area contributed by atoms with E-state index in [0.717, 1.165) is 116 Å². The number of benzene rings is 12. The van der Waals surface area contributed by atoms with Gasteiger partial charge in [0.15, 0.2) is 48.3 Å². The molecule has 144 heavy (non-hydrogen) atoms. The molecule has 10 nitrogen and oxygen atoms in total. The van der Waals surface area contributed by atoms with E-state index in [2.05, 4.69) is 300 Å². The van der Waals surface area contributed by atoms with Gasteiger partial charge in [-0.05, 0) is 325 Å². The van der Waals surface area contributed by atoms with Crippen LogP contribution in [0, 0.1) is 124 Å². The zero-order valence-electron chi connectivity index (χ0n) is 100. The van der Waals surface area contributed by atoms with Crippen LogP contribution in [0.1, 0.15) is 169 Å². The highest BCUT2D eigenvalue weighted by Gasteiger charge is 2.29. The summed E-state index contributed by atoms with van der Waals surface area (Å²) in [5.74, 6) is -0.111. The van der Waals surface area contributed by atoms with E-state index in [9.17, 15) is 0 Å². The van der Waals surface area contributed by atoms with Crippen LogP contribution >= 0.6 is 0 Å². The molecule has 10 aromatic heterocycles. The van der Waals surface area contributed by atoms with Crippen LogP contribution in [-0.4, -0.2) is 9.97 Å². The summed E-state index contributed by atoms with van der Waals surface area (Å²) in [5, 5.41) is 12.9. The summed E-state index contributed by atoms with van der Waals surface area (Å²) in [6, 6.07) is 95.0. The second-order valence-electron chi connectivity index (χ2n) is 39.6. The summed E-state index contributed by atoms with van der Waals surface area (Å²) in [5.41, 5.74) is 37.8. The summed E-state index contributed by atoms with van der Waals surface area (Å²) in [7, 11) is 12.1. The number of pyridine rings is 8. The van der Waals surface area contributed by atoms with Gasteiger partial charge in [-0.25, -0.2) is 37.4 Å². The largest absolute Gasteiger partial charge is 0.437 e. The maximum Gasteiger partial charge on any atom is 0.227 e. The third-order valence-corrected chi connectivity index (χ3v) is 28.3. The van der Waals surface area contributed by atoms with Crippen molar-refractivity contribution in [2.75, 3.05) is 0 Å². The van der Waals surface area contributed by atoms with Gasteiger partial charge in [0.2, 0.25) is 45.6 Å². The molecule has 22 rings (SSSR count). The molecule has 0 amide bonds. The Morgan fingerprint density at radius 2 is 0.660 bits per heavy atom. The van der Waals surface area contributed by atoms with Gasteiger partial charge in [0, 0.05) is 98.8 Å². The molecule has 0 fully saturated rings. The second-order valence-corrected chi connectivity index (χ2v) is 39.6. The lowest BCUT2D eigenvalue weighted by Crippen LogP contribution is -2.31. The third-order valence-electron chi connectivity index (χ3n) is 28.3. The van der Waals surface area contributed by atoms with Gasteiger partial charge < -0.3 is 8.83 Å². The maximum atomic E-state index is 8.30. The standard InChI is InChI=1S/C27H25N2O.C25H21N2O.2C22H26N.2C19H20N/c1-16-13-17(2)25(26-24(16)21-12-11-19(4)28-27(21)30-26)23-14-22(18(3)15-29(23)5)20-9-7-6-8-10-20;1-16-9-11-20-21-12-10-17(2)26-25(21)28-24(20)23(16)22-15-19(13-14-27(22)3)18-7-5-4-6-8-18;2*1-14(2)18-7-8-20-19(13-18)9-10-23(6)22(20)21-12-15(3)11-16(4)17(21)5;2*1-13-11-14(2)15(3)18(12-13)19-17-8-6-5-7-16(17)9-10-20(19)4/h6-15H,1-5H3;4-15H,1-3H3;2*7-14H,1-6H3;2*5-12H,1-4H3/q6*+1/i1D3,3D3;;4D3,14D;;2D3;. The maximum absolute atomic E-state index is 8.30. The molecular formula is C134H138N8O2+6. The minimum Gasteiger partial charge on any atom is -0.437 e. The molecule has 22 aromatic rings. The number of furan rings is 2. The smallest absolute Gasteiger partial charge is 0.227 e. The lowest BCUT2D eigenvalue weighted by molar-refractivity contribution is -0.660. The van der Waals surface area contributed by atoms with Crippen molar-refractivity contribution in [1.82, 2.24) is 9.97 Å². The first-order chi connectivity index (χ1) is 74.1. The molecule has 0 atom stereocenters. The van der Waals surface area contributed by atoms with Gasteiger partial charge in [-0.3, -0.25) is 0 Å². The van der Waals surface area contributed by atoms with Crippen LogP contribution in [0.15, 0.2) is 325 Å². The average Bonchev–Trinajstić information content (AvgIpc) is 1.58. The van der Waals surface area contributed by atoms with E-state index in [-0.39, 0.29) is 11.1 Å². The second kappa shape index (κ2) is 42.0. The Morgan fingerprint density at radius 3 is 1.15 bits per heavy atom. The number of nitrogens with zero attached hydrogens (tertiary/aromatic N) is 8. The molecule has 0 bridgehead atoms. The molecule has 0 unspecified atom stereocenters. The quantitative estimate of drug-likeness (QED) is 0.128. The number of hydrogen-bond acceptors (Lipinski definition) is 4. The Bertz CT molecular complexity index is 9310. The van der Waals surface area contributed by atoms with Crippen molar-refractivity contribution in [3.63, 3.8) is 0 Å². The number of aromatic nitrogens is 8. The molecule has 0 N–H and O–H groups in total. The molecule has 0 saturated carbocycles. The van der Waals surface area contributed by atoms with Gasteiger partial charge in [0.1, 0.15) is 42.3 Å². The molecule has 720 valence electrons. The van der Waals surface area contributed by atoms with Crippen LogP contribution in [0.5, 0.6) is 0 Å². The zero-order chi connectivity index (χ0) is 113. The van der Waals surface area contributed by atoms with E-state index in [1.54, 1.807) is 36.0 Å². The van der Waals surface area contributed by atoms with Crippen molar-refractivity contribution in [3.8, 4) is 89.8 Å². The van der Waals surface area contributed by atoms with Gasteiger partial charge >= 0.3 is 0 Å². The third kappa shape index (κ3) is 20.4. The van der Waals surface area contributed by atoms with Crippen LogP contribution in [0.4, 0.5) is 0 Å². The molecule has 0 aliphatic heterocycles. The van der Waals surface area contributed by atoms with E-state index in [1.165, 1.54) is 99.7 Å². The number of aryl methyl sites for hydroxylation is 20. The Balaban J connectivity index is 0.000000128. The molecule has 10 heterocycles. The summed E-state index contributed by atoms with van der Waals surface area (Å²) in [6.07, 6.45) is 12.1. The molecule has 10 heteroatoms. The Hall–Kier alpha value is -15.5. The molecule has 0 spiro atoms. The molecule has 12 aromatic carbocycles. The van der Waals surface area contributed by atoms with E-state index in [0.29, 0.717) is 67.2 Å². The summed E-state index contributed by atoms with van der Waals surface area (Å²) in [6.45, 7) is 28.0. The molecule has 0 aliphatic rings. The van der Waals surface area contributed by atoms with E-state index >= 15 is 0 Å². The van der Waals surface area contributed by atoms with Gasteiger partial charge in [-0.1, -0.05) is 214 Å². The zero-order valence-corrected chi connectivity index (χ0v) is 87.5. The first-order valence-corrected chi connectivity index (χ1v) is 49.4. The molecule has 0 saturated heterocycles. The number of fused-ring (bicyclic) bond motifs is 10. The van der Waals surface area contributed by atoms with E-state index in [4.69, 9.17) is 26.7 Å². The Kier molecular flexibility index (Phi) is 24.5. The first kappa shape index (κ1) is 84.2. The Labute approximate surface area is 869 Å². The summed E-state index contributed by atoms with van der Waals surface area (Å²) >= 11 is 0. The molecule has 0 aliphatic carbocycles. The van der Waals surface area contributed by atoms with Crippen molar-refractivity contribution in [2.45, 2.75) is 164 Å². The van der Waals surface area contributed by atoms with E-state index < -0.39 is 33.3 Å². The van der Waals surface area contributed by atoms with Crippen LogP contribution in [0.3, 0.4) is 0 Å². The minimum absolute atomic E-state index is 0.202. The summed E-state index contributed by atoms with van der Waals surface area (Å²) < 4.78 is 129. The van der Waals surface area contributed by atoms with E-state index in [1.807, 2.05) is 184 Å². The highest BCUT2D eigenvalue weighted by atomic mass is 16.3. The fourth-order valence-corrected chi connectivity index (χ4v) is 20.2. The predicted molar refractivity (Wildman–Crippen MR) is 603 cm³/mol. The summed E-state index contributed by atoms with van der Waals surface area (Å²) in [4.78, 5) is 9.09. The van der Waals surface area contributed by atoms with Crippen LogP contribution in [-0.2, 0) is 42.3 Å². The van der Waals surface area contributed by atoms with Gasteiger partial charge in [0.25, 0.3) is 0 Å². The number of rotatable bonds is 10. The van der Waals surface area contributed by atoms with Crippen molar-refractivity contribution < 1.29 is 54.1 Å². The fraction of sp³-hybridized carbons (Fsp3) is 0.224. The normalized spacial score (nSPS) is 13.1. The monoisotopic (exact) mass is 1900 g/mol. The number of hydrogen-bond donors (Lipinski definition) is 0. The van der Waals surface area contributed by atoms with Crippen molar-refractivity contribution in [3.05, 3.63) is 428 Å². The predicted octanol–water partition coefficient (Wildman–Crippen LogP) is 31.4. The van der Waals surface area contributed by atoms with Crippen LogP contribution in [0.2, 0.25) is 0 Å². The van der Waals surface area contributed by atoms with Gasteiger partial charge in [-0.15, -0.1) is 0 Å².